The highest BCUT2D eigenvalue weighted by Crippen LogP contribution is 2.45. The molecule has 3 N–H and O–H groups in total. The van der Waals surface area contributed by atoms with Gasteiger partial charge in [-0.25, -0.2) is 9.69 Å². The molecule has 0 saturated carbocycles. The van der Waals surface area contributed by atoms with E-state index < -0.39 is 18.1 Å². The molecule has 0 radical (unpaired) electrons. The summed E-state index contributed by atoms with van der Waals surface area (Å²) >= 11 is 0. The van der Waals surface area contributed by atoms with Crippen LogP contribution in [0.1, 0.15) is 79.3 Å². The summed E-state index contributed by atoms with van der Waals surface area (Å²) < 4.78 is 0. The number of amides is 4. The summed E-state index contributed by atoms with van der Waals surface area (Å²) in [5.74, 6) is -0.594. The molecule has 7 rings (SSSR count). The van der Waals surface area contributed by atoms with E-state index in [0.717, 1.165) is 46.1 Å². The van der Waals surface area contributed by atoms with Gasteiger partial charge >= 0.3 is 6.03 Å². The highest BCUT2D eigenvalue weighted by atomic mass is 16.2. The van der Waals surface area contributed by atoms with Gasteiger partial charge in [-0.05, 0) is 76.8 Å². The van der Waals surface area contributed by atoms with Crippen LogP contribution in [0.5, 0.6) is 0 Å². The summed E-state index contributed by atoms with van der Waals surface area (Å²) in [4.78, 5) is 49.1. The summed E-state index contributed by atoms with van der Waals surface area (Å²) in [6.07, 6.45) is 1.94. The average Bonchev–Trinajstić information content (AvgIpc) is 3.45. The highest BCUT2D eigenvalue weighted by molar-refractivity contribution is 6.24. The molecule has 0 aliphatic carbocycles. The number of hydrogen-bond donors (Lipinski definition) is 3. The molecule has 2 atom stereocenters. The molecular formula is C36H39N5O3. The number of anilines is 1. The number of nitrogens with zero attached hydrogens (tertiary/aromatic N) is 2. The van der Waals surface area contributed by atoms with E-state index in [1.54, 1.807) is 29.2 Å². The van der Waals surface area contributed by atoms with Crippen LogP contribution in [0.15, 0.2) is 72.8 Å². The molecular weight excluding hydrogens is 550 g/mol. The van der Waals surface area contributed by atoms with Gasteiger partial charge in [0.1, 0.15) is 12.1 Å². The van der Waals surface area contributed by atoms with Gasteiger partial charge in [0.15, 0.2) is 0 Å². The minimum absolute atomic E-state index is 0.0534. The molecule has 226 valence electrons. The van der Waals surface area contributed by atoms with Gasteiger partial charge in [-0.15, -0.1) is 0 Å². The number of fused-ring (bicyclic) bond motifs is 4. The maximum absolute atomic E-state index is 14.4. The smallest absolute Gasteiger partial charge is 0.332 e. The first-order chi connectivity index (χ1) is 20.9. The highest BCUT2D eigenvalue weighted by Gasteiger charge is 2.53. The number of carbonyl (C=O) groups excluding carboxylic acids is 3. The Labute approximate surface area is 257 Å². The van der Waals surface area contributed by atoms with Crippen LogP contribution < -0.4 is 15.5 Å². The van der Waals surface area contributed by atoms with Crippen molar-refractivity contribution in [3.05, 3.63) is 101 Å². The van der Waals surface area contributed by atoms with Crippen molar-refractivity contribution in [1.82, 2.24) is 20.5 Å². The van der Waals surface area contributed by atoms with Crippen molar-refractivity contribution >= 4 is 34.4 Å². The number of aryl methyl sites for hydroxylation is 1. The molecule has 8 heteroatoms. The molecule has 0 unspecified atom stereocenters. The van der Waals surface area contributed by atoms with Crippen LogP contribution in [-0.2, 0) is 11.2 Å². The Morgan fingerprint density at radius 3 is 2.27 bits per heavy atom. The van der Waals surface area contributed by atoms with Gasteiger partial charge in [0, 0.05) is 40.1 Å². The van der Waals surface area contributed by atoms with Crippen molar-refractivity contribution in [2.24, 2.45) is 0 Å². The van der Waals surface area contributed by atoms with Crippen molar-refractivity contribution in [1.29, 1.82) is 0 Å². The Balaban J connectivity index is 1.27. The van der Waals surface area contributed by atoms with E-state index in [1.807, 2.05) is 49.4 Å². The Morgan fingerprint density at radius 1 is 0.886 bits per heavy atom. The normalized spacial score (nSPS) is 22.7. The number of piperidine rings is 1. The number of rotatable bonds is 4. The Hall–Kier alpha value is -4.43. The van der Waals surface area contributed by atoms with Gasteiger partial charge in [0.25, 0.3) is 11.8 Å². The minimum atomic E-state index is -0.692. The molecule has 0 spiro atoms. The second-order valence-corrected chi connectivity index (χ2v) is 13.9. The predicted octanol–water partition coefficient (Wildman–Crippen LogP) is 6.00. The van der Waals surface area contributed by atoms with Gasteiger partial charge in [-0.2, -0.15) is 0 Å². The molecule has 44 heavy (non-hydrogen) atoms. The van der Waals surface area contributed by atoms with Crippen LogP contribution in [0.3, 0.4) is 0 Å². The van der Waals surface area contributed by atoms with Crippen LogP contribution in [0, 0.1) is 6.92 Å². The number of nitrogens with one attached hydrogen (secondary N) is 3. The third kappa shape index (κ3) is 4.68. The molecule has 4 heterocycles. The fourth-order valence-corrected chi connectivity index (χ4v) is 7.94. The van der Waals surface area contributed by atoms with Crippen LogP contribution in [-0.4, -0.2) is 50.9 Å². The van der Waals surface area contributed by atoms with Gasteiger partial charge in [0.2, 0.25) is 0 Å². The number of urea groups is 1. The Kier molecular flexibility index (Phi) is 6.48. The molecule has 2 fully saturated rings. The third-order valence-electron chi connectivity index (χ3n) is 9.36. The van der Waals surface area contributed by atoms with Crippen molar-refractivity contribution in [3.8, 4) is 0 Å². The zero-order valence-corrected chi connectivity index (χ0v) is 25.9. The van der Waals surface area contributed by atoms with Crippen LogP contribution in [0.4, 0.5) is 10.5 Å². The number of aromatic amines is 1. The first kappa shape index (κ1) is 28.3. The maximum atomic E-state index is 14.4. The summed E-state index contributed by atoms with van der Waals surface area (Å²) in [6.45, 7) is 10.6. The van der Waals surface area contributed by atoms with Gasteiger partial charge in [-0.3, -0.25) is 14.5 Å². The van der Waals surface area contributed by atoms with Gasteiger partial charge < -0.3 is 15.6 Å². The first-order valence-electron chi connectivity index (χ1n) is 15.4. The van der Waals surface area contributed by atoms with Gasteiger partial charge in [0.05, 0.1) is 11.3 Å². The second-order valence-electron chi connectivity index (χ2n) is 13.9. The Morgan fingerprint density at radius 2 is 1.55 bits per heavy atom. The largest absolute Gasteiger partial charge is 0.356 e. The quantitative estimate of drug-likeness (QED) is 0.255. The first-order valence-corrected chi connectivity index (χ1v) is 15.4. The SMILES string of the molecule is Cc1ccc([C@H]2c3[nH]c4ccccc4c3C[C@H]3C(=O)N(c4ccccc4C(=O)NC4CC(C)(C)NC(C)(C)C4)C(=O)N23)cc1. The molecule has 8 nitrogen and oxygen atoms in total. The molecule has 1 aromatic heterocycles. The summed E-state index contributed by atoms with van der Waals surface area (Å²) in [5.41, 5.74) is 5.36. The average molecular weight is 590 g/mol. The molecule has 0 bridgehead atoms. The fourth-order valence-electron chi connectivity index (χ4n) is 7.94. The van der Waals surface area contributed by atoms with Crippen LogP contribution in [0.2, 0.25) is 0 Å². The van der Waals surface area contributed by atoms with E-state index in [-0.39, 0.29) is 28.9 Å². The number of carbonyl (C=O) groups is 3. The van der Waals surface area contributed by atoms with Crippen molar-refractivity contribution in [3.63, 3.8) is 0 Å². The number of hydrogen-bond acceptors (Lipinski definition) is 4. The van der Waals surface area contributed by atoms with Crippen molar-refractivity contribution < 1.29 is 14.4 Å². The predicted molar refractivity (Wildman–Crippen MR) is 172 cm³/mol. The van der Waals surface area contributed by atoms with E-state index in [0.29, 0.717) is 17.7 Å². The van der Waals surface area contributed by atoms with E-state index in [2.05, 4.69) is 49.4 Å². The van der Waals surface area contributed by atoms with Crippen molar-refractivity contribution in [2.75, 3.05) is 4.90 Å². The van der Waals surface area contributed by atoms with E-state index >= 15 is 0 Å². The standard InChI is InChI=1S/C36H39N5O3/c1-21-14-16-22(17-15-21)31-30-26(24-10-6-8-12-27(24)38-30)18-29-33(43)41(34(44)40(29)31)28-13-9-7-11-25(28)32(42)37-23-19-35(2,3)39-36(4,5)20-23/h6-17,23,29,31,38-39H,18-20H2,1-5H3,(H,37,42)/t29-,31-/m0/s1. The summed E-state index contributed by atoms with van der Waals surface area (Å²) in [6, 6.07) is 21.5. The molecule has 4 amide bonds. The number of benzene rings is 3. The van der Waals surface area contributed by atoms with E-state index in [1.165, 1.54) is 4.90 Å². The third-order valence-corrected chi connectivity index (χ3v) is 9.36. The number of H-pyrrole nitrogens is 1. The molecule has 3 aromatic carbocycles. The maximum Gasteiger partial charge on any atom is 0.332 e. The van der Waals surface area contributed by atoms with Crippen LogP contribution >= 0.6 is 0 Å². The fraction of sp³-hybridized carbons (Fsp3) is 0.361. The number of imide groups is 1. The molecule has 3 aliphatic heterocycles. The topological polar surface area (TPSA) is 97.5 Å². The van der Waals surface area contributed by atoms with E-state index in [9.17, 15) is 14.4 Å². The zero-order chi connectivity index (χ0) is 31.0. The summed E-state index contributed by atoms with van der Waals surface area (Å²) in [5, 5.41) is 7.94. The lowest BCUT2D eigenvalue weighted by Crippen LogP contribution is -2.62. The Bertz CT molecular complexity index is 1790. The monoisotopic (exact) mass is 589 g/mol. The second kappa shape index (κ2) is 10.1. The lowest BCUT2D eigenvalue weighted by atomic mass is 9.79. The molecule has 4 aromatic rings. The van der Waals surface area contributed by atoms with Crippen LogP contribution in [0.25, 0.3) is 10.9 Å². The minimum Gasteiger partial charge on any atom is -0.356 e. The van der Waals surface area contributed by atoms with E-state index in [4.69, 9.17) is 0 Å². The zero-order valence-electron chi connectivity index (χ0n) is 25.9. The lowest BCUT2D eigenvalue weighted by Gasteiger charge is -2.46. The van der Waals surface area contributed by atoms with Crippen molar-refractivity contribution in [2.45, 2.75) is 83.1 Å². The van der Waals surface area contributed by atoms with Gasteiger partial charge in [-0.1, -0.05) is 60.2 Å². The molecule has 2 saturated heterocycles. The lowest BCUT2D eigenvalue weighted by molar-refractivity contribution is -0.120. The number of para-hydroxylation sites is 2. The summed E-state index contributed by atoms with van der Waals surface area (Å²) in [7, 11) is 0. The number of aromatic nitrogens is 1. The molecule has 3 aliphatic rings.